The van der Waals surface area contributed by atoms with Crippen molar-refractivity contribution in [2.45, 2.75) is 12.5 Å². The molecule has 0 saturated carbocycles. The molecule has 9 heteroatoms. The van der Waals surface area contributed by atoms with Crippen molar-refractivity contribution in [3.8, 4) is 5.69 Å². The van der Waals surface area contributed by atoms with Crippen LogP contribution >= 0.6 is 11.8 Å². The smallest absolute Gasteiger partial charge is 0.305 e. The van der Waals surface area contributed by atoms with Crippen molar-refractivity contribution in [1.29, 1.82) is 0 Å². The van der Waals surface area contributed by atoms with Gasteiger partial charge in [0.25, 0.3) is 5.91 Å². The summed E-state index contributed by atoms with van der Waals surface area (Å²) in [5.74, 6) is 0.406. The lowest BCUT2D eigenvalue weighted by Gasteiger charge is -2.34. The fraction of sp³-hybridized carbons (Fsp3) is 0.357. The van der Waals surface area contributed by atoms with E-state index in [0.29, 0.717) is 23.5 Å². The molecule has 2 heterocycles. The van der Waals surface area contributed by atoms with Gasteiger partial charge in [-0.2, -0.15) is 11.8 Å². The standard InChI is InChI=1S/C14H15N5O3S/c20-13(21)7-12-8-23-5-4-18(12)14(22)10-2-1-3-11(6-10)19-9-15-16-17-19/h1-3,6,9,12H,4-5,7-8H2,(H,20,21). The molecule has 1 aliphatic rings. The topological polar surface area (TPSA) is 101 Å². The van der Waals surface area contributed by atoms with E-state index in [1.807, 2.05) is 0 Å². The molecule has 1 unspecified atom stereocenters. The minimum absolute atomic E-state index is 0.0363. The summed E-state index contributed by atoms with van der Waals surface area (Å²) in [6, 6.07) is 6.70. The van der Waals surface area contributed by atoms with E-state index in [2.05, 4.69) is 15.5 Å². The molecule has 1 N–H and O–H groups in total. The molecule has 120 valence electrons. The lowest BCUT2D eigenvalue weighted by atomic mass is 10.1. The van der Waals surface area contributed by atoms with Crippen LogP contribution < -0.4 is 0 Å². The van der Waals surface area contributed by atoms with E-state index >= 15 is 0 Å². The van der Waals surface area contributed by atoms with Crippen LogP contribution in [0.5, 0.6) is 0 Å². The number of nitrogens with zero attached hydrogens (tertiary/aromatic N) is 5. The van der Waals surface area contributed by atoms with Crippen molar-refractivity contribution < 1.29 is 14.7 Å². The third kappa shape index (κ3) is 3.50. The molecule has 1 amide bonds. The fourth-order valence-corrected chi connectivity index (χ4v) is 3.58. The molecule has 1 aliphatic heterocycles. The lowest BCUT2D eigenvalue weighted by Crippen LogP contribution is -2.47. The SMILES string of the molecule is O=C(O)CC1CSCCN1C(=O)c1cccc(-n2cnnn2)c1. The van der Waals surface area contributed by atoms with Crippen LogP contribution in [0.3, 0.4) is 0 Å². The number of aliphatic carboxylic acids is 1. The Bertz CT molecular complexity index is 706. The van der Waals surface area contributed by atoms with Crippen LogP contribution in [-0.2, 0) is 4.79 Å². The maximum absolute atomic E-state index is 12.8. The van der Waals surface area contributed by atoms with Gasteiger partial charge >= 0.3 is 5.97 Å². The number of thioether (sulfide) groups is 1. The van der Waals surface area contributed by atoms with Crippen molar-refractivity contribution in [3.63, 3.8) is 0 Å². The van der Waals surface area contributed by atoms with Crippen molar-refractivity contribution in [1.82, 2.24) is 25.1 Å². The highest BCUT2D eigenvalue weighted by Gasteiger charge is 2.29. The molecule has 1 aromatic carbocycles. The number of tetrazole rings is 1. The Kier molecular flexibility index (Phi) is 4.56. The summed E-state index contributed by atoms with van der Waals surface area (Å²) in [4.78, 5) is 25.4. The quantitative estimate of drug-likeness (QED) is 0.878. The van der Waals surface area contributed by atoms with Gasteiger partial charge in [0.15, 0.2) is 0 Å². The van der Waals surface area contributed by atoms with E-state index in [-0.39, 0.29) is 18.4 Å². The van der Waals surface area contributed by atoms with Gasteiger partial charge in [0.05, 0.1) is 18.2 Å². The van der Waals surface area contributed by atoms with Crippen LogP contribution in [0.25, 0.3) is 5.69 Å². The maximum Gasteiger partial charge on any atom is 0.305 e. The monoisotopic (exact) mass is 333 g/mol. The fourth-order valence-electron chi connectivity index (χ4n) is 2.52. The minimum Gasteiger partial charge on any atom is -0.481 e. The number of carboxylic acids is 1. The molecule has 0 bridgehead atoms. The summed E-state index contributed by atoms with van der Waals surface area (Å²) in [5.41, 5.74) is 1.18. The first-order valence-corrected chi connectivity index (χ1v) is 8.24. The van der Waals surface area contributed by atoms with Gasteiger partial charge in [0, 0.05) is 23.6 Å². The van der Waals surface area contributed by atoms with E-state index in [1.165, 1.54) is 11.0 Å². The van der Waals surface area contributed by atoms with Gasteiger partial charge in [0.1, 0.15) is 6.33 Å². The van der Waals surface area contributed by atoms with Gasteiger partial charge in [-0.1, -0.05) is 6.07 Å². The highest BCUT2D eigenvalue weighted by atomic mass is 32.2. The molecule has 0 spiro atoms. The first-order chi connectivity index (χ1) is 11.1. The van der Waals surface area contributed by atoms with Gasteiger partial charge in [-0.3, -0.25) is 9.59 Å². The number of carbonyl (C=O) groups excluding carboxylic acids is 1. The van der Waals surface area contributed by atoms with Gasteiger partial charge in [-0.05, 0) is 28.6 Å². The molecule has 0 aliphatic carbocycles. The van der Waals surface area contributed by atoms with Crippen LogP contribution in [0, 0.1) is 0 Å². The van der Waals surface area contributed by atoms with Gasteiger partial charge < -0.3 is 10.0 Å². The largest absolute Gasteiger partial charge is 0.481 e. The third-order valence-corrected chi connectivity index (χ3v) is 4.70. The molecule has 3 rings (SSSR count). The van der Waals surface area contributed by atoms with Crippen molar-refractivity contribution in [2.75, 3.05) is 18.1 Å². The number of hydrogen-bond acceptors (Lipinski definition) is 6. The van der Waals surface area contributed by atoms with Gasteiger partial charge in [-0.15, -0.1) is 5.10 Å². The molecule has 1 atom stereocenters. The Morgan fingerprint density at radius 2 is 2.26 bits per heavy atom. The normalized spacial score (nSPS) is 17.9. The molecule has 0 radical (unpaired) electrons. The summed E-state index contributed by atoms with van der Waals surface area (Å²) in [6.45, 7) is 0.552. The second kappa shape index (κ2) is 6.78. The lowest BCUT2D eigenvalue weighted by molar-refractivity contribution is -0.138. The number of carbonyl (C=O) groups is 2. The molecule has 2 aromatic rings. The Morgan fingerprint density at radius 3 is 3.00 bits per heavy atom. The van der Waals surface area contributed by atoms with Crippen molar-refractivity contribution >= 4 is 23.6 Å². The van der Waals surface area contributed by atoms with Gasteiger partial charge in [-0.25, -0.2) is 4.68 Å². The molecule has 8 nitrogen and oxygen atoms in total. The second-order valence-corrected chi connectivity index (χ2v) is 6.28. The average molecular weight is 333 g/mol. The zero-order valence-electron chi connectivity index (χ0n) is 12.2. The predicted molar refractivity (Wildman–Crippen MR) is 83.6 cm³/mol. The summed E-state index contributed by atoms with van der Waals surface area (Å²) < 4.78 is 1.47. The predicted octanol–water partition coefficient (Wildman–Crippen LogP) is 0.695. The third-order valence-electron chi connectivity index (χ3n) is 3.61. The number of carboxylic acid groups (broad SMARTS) is 1. The Morgan fingerprint density at radius 1 is 1.39 bits per heavy atom. The average Bonchev–Trinajstić information content (AvgIpc) is 3.09. The zero-order chi connectivity index (χ0) is 16.2. The zero-order valence-corrected chi connectivity index (χ0v) is 13.0. The number of rotatable bonds is 4. The highest BCUT2D eigenvalue weighted by Crippen LogP contribution is 2.22. The molecule has 1 fully saturated rings. The summed E-state index contributed by atoms with van der Waals surface area (Å²) >= 11 is 1.67. The Labute approximate surface area is 136 Å². The minimum atomic E-state index is -0.891. The molecular formula is C14H15N5O3S. The number of benzene rings is 1. The molecular weight excluding hydrogens is 318 g/mol. The first kappa shape index (κ1) is 15.5. The maximum atomic E-state index is 12.8. The summed E-state index contributed by atoms with van der Waals surface area (Å²) in [7, 11) is 0. The van der Waals surface area contributed by atoms with Crippen molar-refractivity contribution in [3.05, 3.63) is 36.2 Å². The van der Waals surface area contributed by atoms with E-state index in [9.17, 15) is 9.59 Å². The highest BCUT2D eigenvalue weighted by molar-refractivity contribution is 7.99. The van der Waals surface area contributed by atoms with Gasteiger partial charge in [0.2, 0.25) is 0 Å². The van der Waals surface area contributed by atoms with Crippen molar-refractivity contribution in [2.24, 2.45) is 0 Å². The Balaban J connectivity index is 1.84. The van der Waals surface area contributed by atoms with Crippen LogP contribution in [0.2, 0.25) is 0 Å². The first-order valence-electron chi connectivity index (χ1n) is 7.09. The second-order valence-electron chi connectivity index (χ2n) is 5.13. The van der Waals surface area contributed by atoms with Crippen LogP contribution in [0.1, 0.15) is 16.8 Å². The van der Waals surface area contributed by atoms with E-state index in [0.717, 1.165) is 5.75 Å². The van der Waals surface area contributed by atoms with Crippen LogP contribution in [0.4, 0.5) is 0 Å². The molecule has 1 saturated heterocycles. The Hall–Kier alpha value is -2.42. The van der Waals surface area contributed by atoms with Crippen LogP contribution in [-0.4, -0.2) is 66.2 Å². The number of hydrogen-bond donors (Lipinski definition) is 1. The molecule has 23 heavy (non-hydrogen) atoms. The van der Waals surface area contributed by atoms with E-state index in [1.54, 1.807) is 40.9 Å². The van der Waals surface area contributed by atoms with E-state index in [4.69, 9.17) is 5.11 Å². The summed E-state index contributed by atoms with van der Waals surface area (Å²) in [5, 5.41) is 20.0. The summed E-state index contributed by atoms with van der Waals surface area (Å²) in [6.07, 6.45) is 1.42. The van der Waals surface area contributed by atoms with E-state index < -0.39 is 5.97 Å². The number of amides is 1. The van der Waals surface area contributed by atoms with Crippen LogP contribution in [0.15, 0.2) is 30.6 Å². The number of aromatic nitrogens is 4. The molecule has 1 aromatic heterocycles.